The number of amides is 1. The molecule has 138 valence electrons. The molecular weight excluding hydrogens is 356 g/mol. The van der Waals surface area contributed by atoms with Gasteiger partial charge in [0.1, 0.15) is 0 Å². The van der Waals surface area contributed by atoms with Crippen LogP contribution in [0.1, 0.15) is 33.2 Å². The molecule has 0 aliphatic heterocycles. The molecule has 7 nitrogen and oxygen atoms in total. The van der Waals surface area contributed by atoms with Crippen LogP contribution >= 0.6 is 0 Å². The van der Waals surface area contributed by atoms with Crippen LogP contribution in [0.15, 0.2) is 42.5 Å². The van der Waals surface area contributed by atoms with Crippen LogP contribution in [0, 0.1) is 6.92 Å². The van der Waals surface area contributed by atoms with Gasteiger partial charge in [-0.15, -0.1) is 0 Å². The molecule has 2 aromatic rings. The van der Waals surface area contributed by atoms with Crippen LogP contribution < -0.4 is 10.0 Å². The lowest BCUT2D eigenvalue weighted by Gasteiger charge is -2.11. The molecule has 0 unspecified atom stereocenters. The van der Waals surface area contributed by atoms with Gasteiger partial charge < -0.3 is 10.1 Å². The van der Waals surface area contributed by atoms with E-state index in [1.807, 2.05) is 0 Å². The fraction of sp³-hybridized carbons (Fsp3) is 0.222. The predicted octanol–water partition coefficient (Wildman–Crippen LogP) is 2.80. The van der Waals surface area contributed by atoms with Crippen molar-refractivity contribution in [2.24, 2.45) is 0 Å². The molecule has 0 saturated carbocycles. The van der Waals surface area contributed by atoms with Crippen molar-refractivity contribution in [2.75, 3.05) is 22.9 Å². The highest BCUT2D eigenvalue weighted by atomic mass is 32.2. The number of hydrogen-bond donors (Lipinski definition) is 2. The Hall–Kier alpha value is -2.87. The highest BCUT2D eigenvalue weighted by Gasteiger charge is 2.12. The lowest BCUT2D eigenvalue weighted by molar-refractivity contribution is 0.0526. The number of benzene rings is 2. The summed E-state index contributed by atoms with van der Waals surface area (Å²) in [6, 6.07) is 11.1. The Labute approximate surface area is 152 Å². The van der Waals surface area contributed by atoms with Gasteiger partial charge in [-0.3, -0.25) is 9.52 Å². The summed E-state index contributed by atoms with van der Waals surface area (Å²) in [5.41, 5.74) is 2.06. The van der Waals surface area contributed by atoms with Crippen LogP contribution in [-0.2, 0) is 14.8 Å². The Morgan fingerprint density at radius 2 is 1.81 bits per heavy atom. The monoisotopic (exact) mass is 376 g/mol. The molecule has 2 rings (SSSR count). The smallest absolute Gasteiger partial charge is 0.338 e. The molecule has 0 aliphatic rings. The van der Waals surface area contributed by atoms with Crippen molar-refractivity contribution in [1.29, 1.82) is 0 Å². The summed E-state index contributed by atoms with van der Waals surface area (Å²) in [6.07, 6.45) is 1.04. The molecule has 0 atom stereocenters. The van der Waals surface area contributed by atoms with Crippen LogP contribution in [0.4, 0.5) is 11.4 Å². The Morgan fingerprint density at radius 3 is 2.46 bits per heavy atom. The van der Waals surface area contributed by atoms with E-state index < -0.39 is 21.9 Å². The molecule has 2 N–H and O–H groups in total. The minimum absolute atomic E-state index is 0.259. The first-order valence-corrected chi connectivity index (χ1v) is 9.75. The summed E-state index contributed by atoms with van der Waals surface area (Å²) in [5, 5.41) is 2.68. The van der Waals surface area contributed by atoms with Gasteiger partial charge in [-0.2, -0.15) is 0 Å². The molecule has 0 heterocycles. The maximum absolute atomic E-state index is 12.4. The first-order valence-electron chi connectivity index (χ1n) is 7.86. The molecule has 0 aromatic heterocycles. The zero-order valence-corrected chi connectivity index (χ0v) is 15.5. The van der Waals surface area contributed by atoms with Crippen LogP contribution in [0.3, 0.4) is 0 Å². The number of carbonyl (C=O) groups is 2. The number of ether oxygens (including phenoxy) is 1. The second kappa shape index (κ2) is 8.01. The number of esters is 1. The summed E-state index contributed by atoms with van der Waals surface area (Å²) in [4.78, 5) is 24.2. The Kier molecular flexibility index (Phi) is 5.99. The van der Waals surface area contributed by atoms with Gasteiger partial charge in [0.05, 0.1) is 24.1 Å². The highest BCUT2D eigenvalue weighted by molar-refractivity contribution is 7.92. The molecule has 0 radical (unpaired) electrons. The molecule has 0 spiro atoms. The van der Waals surface area contributed by atoms with Gasteiger partial charge >= 0.3 is 5.97 Å². The number of rotatable bonds is 6. The van der Waals surface area contributed by atoms with Gasteiger partial charge in [0.15, 0.2) is 0 Å². The van der Waals surface area contributed by atoms with Crippen LogP contribution in [0.2, 0.25) is 0 Å². The third kappa shape index (κ3) is 5.32. The Bertz CT molecular complexity index is 938. The van der Waals surface area contributed by atoms with Gasteiger partial charge in [0, 0.05) is 11.3 Å². The normalized spacial score (nSPS) is 10.9. The lowest BCUT2D eigenvalue weighted by Crippen LogP contribution is -2.15. The second-order valence-corrected chi connectivity index (χ2v) is 7.41. The Balaban J connectivity index is 2.21. The van der Waals surface area contributed by atoms with E-state index in [0.717, 1.165) is 6.26 Å². The molecule has 1 amide bonds. The third-order valence-corrected chi connectivity index (χ3v) is 4.02. The van der Waals surface area contributed by atoms with Crippen LogP contribution in [0.5, 0.6) is 0 Å². The minimum Gasteiger partial charge on any atom is -0.462 e. The van der Waals surface area contributed by atoms with Crippen molar-refractivity contribution in [1.82, 2.24) is 0 Å². The molecule has 26 heavy (non-hydrogen) atoms. The zero-order valence-electron chi connectivity index (χ0n) is 14.7. The van der Waals surface area contributed by atoms with Gasteiger partial charge in [-0.1, -0.05) is 12.1 Å². The summed E-state index contributed by atoms with van der Waals surface area (Å²) < 4.78 is 30.2. The third-order valence-electron chi connectivity index (χ3n) is 3.43. The van der Waals surface area contributed by atoms with E-state index in [0.29, 0.717) is 22.5 Å². The van der Waals surface area contributed by atoms with E-state index in [2.05, 4.69) is 10.0 Å². The molecular formula is C18H20N2O5S. The number of aryl methyl sites for hydroxylation is 1. The number of hydrogen-bond acceptors (Lipinski definition) is 5. The van der Waals surface area contributed by atoms with Crippen LogP contribution in [0.25, 0.3) is 0 Å². The minimum atomic E-state index is -3.45. The number of carbonyl (C=O) groups excluding carboxylic acids is 2. The standard InChI is InChI=1S/C18H20N2O5S/c1-4-25-18(22)14-6-5-7-15(10-14)19-17(21)13-9-8-12(2)16(11-13)20-26(3,23)24/h5-11,20H,4H2,1-3H3,(H,19,21). The van der Waals surface area contributed by atoms with Crippen molar-refractivity contribution in [3.63, 3.8) is 0 Å². The van der Waals surface area contributed by atoms with Crippen molar-refractivity contribution in [3.05, 3.63) is 59.2 Å². The summed E-state index contributed by atoms with van der Waals surface area (Å²) in [6.45, 7) is 3.70. The quantitative estimate of drug-likeness (QED) is 0.755. The first kappa shape index (κ1) is 19.5. The van der Waals surface area contributed by atoms with E-state index in [4.69, 9.17) is 4.74 Å². The molecule has 8 heteroatoms. The van der Waals surface area contributed by atoms with Crippen molar-refractivity contribution in [2.45, 2.75) is 13.8 Å². The van der Waals surface area contributed by atoms with E-state index in [1.54, 1.807) is 44.2 Å². The van der Waals surface area contributed by atoms with Gasteiger partial charge in [-0.25, -0.2) is 13.2 Å². The zero-order chi connectivity index (χ0) is 19.3. The second-order valence-electron chi connectivity index (χ2n) is 5.66. The Morgan fingerprint density at radius 1 is 1.08 bits per heavy atom. The molecule has 0 fully saturated rings. The largest absolute Gasteiger partial charge is 0.462 e. The predicted molar refractivity (Wildman–Crippen MR) is 100.0 cm³/mol. The van der Waals surface area contributed by atoms with Crippen molar-refractivity contribution in [3.8, 4) is 0 Å². The molecule has 0 saturated heterocycles. The van der Waals surface area contributed by atoms with E-state index in [1.165, 1.54) is 12.1 Å². The fourth-order valence-corrected chi connectivity index (χ4v) is 2.83. The van der Waals surface area contributed by atoms with Gasteiger partial charge in [0.25, 0.3) is 5.91 Å². The molecule has 0 bridgehead atoms. The van der Waals surface area contributed by atoms with E-state index >= 15 is 0 Å². The van der Waals surface area contributed by atoms with Crippen LogP contribution in [-0.4, -0.2) is 33.2 Å². The SMILES string of the molecule is CCOC(=O)c1cccc(NC(=O)c2ccc(C)c(NS(C)(=O)=O)c2)c1. The lowest BCUT2D eigenvalue weighted by atomic mass is 10.1. The maximum atomic E-state index is 12.4. The van der Waals surface area contributed by atoms with Crippen molar-refractivity contribution < 1.29 is 22.7 Å². The van der Waals surface area contributed by atoms with E-state index in [-0.39, 0.29) is 12.2 Å². The molecule has 2 aromatic carbocycles. The summed E-state index contributed by atoms with van der Waals surface area (Å²) >= 11 is 0. The van der Waals surface area contributed by atoms with Gasteiger partial charge in [0.2, 0.25) is 10.0 Å². The average Bonchev–Trinajstić information content (AvgIpc) is 2.56. The molecule has 0 aliphatic carbocycles. The summed E-state index contributed by atoms with van der Waals surface area (Å²) in [5.74, 6) is -0.902. The fourth-order valence-electron chi connectivity index (χ4n) is 2.21. The number of nitrogens with one attached hydrogen (secondary N) is 2. The number of anilines is 2. The number of sulfonamides is 1. The van der Waals surface area contributed by atoms with Gasteiger partial charge in [-0.05, 0) is 49.7 Å². The first-order chi connectivity index (χ1) is 12.2. The highest BCUT2D eigenvalue weighted by Crippen LogP contribution is 2.19. The topological polar surface area (TPSA) is 102 Å². The maximum Gasteiger partial charge on any atom is 0.338 e. The van der Waals surface area contributed by atoms with Crippen molar-refractivity contribution >= 4 is 33.3 Å². The average molecular weight is 376 g/mol. The summed E-state index contributed by atoms with van der Waals surface area (Å²) in [7, 11) is -3.45. The van der Waals surface area contributed by atoms with E-state index in [9.17, 15) is 18.0 Å².